The molecule has 0 saturated heterocycles. The molecule has 2 amide bonds. The number of hydrogen-bond acceptors (Lipinski definition) is 6. The van der Waals surface area contributed by atoms with E-state index in [0.717, 1.165) is 25.0 Å². The summed E-state index contributed by atoms with van der Waals surface area (Å²) in [6.45, 7) is 0.741. The molecule has 2 aliphatic rings. The molecule has 0 bridgehead atoms. The SMILES string of the molecule is C[C@](O)(c1ccc(C(=O)N(C2CC2)[C@H]2CC[C@@](COC(N)=O)(c3ccon3)CC2)cc1)C(F)(F)F. The lowest BCUT2D eigenvalue weighted by atomic mass is 9.70. The number of carbonyl (C=O) groups excluding carboxylic acids is 2. The highest BCUT2D eigenvalue weighted by molar-refractivity contribution is 5.95. The van der Waals surface area contributed by atoms with Gasteiger partial charge in [0.2, 0.25) is 0 Å². The third kappa shape index (κ3) is 5.00. The molecule has 0 unspecified atom stereocenters. The first-order chi connectivity index (χ1) is 16.4. The summed E-state index contributed by atoms with van der Waals surface area (Å²) in [5, 5.41) is 13.9. The van der Waals surface area contributed by atoms with Crippen molar-refractivity contribution < 1.29 is 37.1 Å². The number of aliphatic hydroxyl groups is 1. The predicted octanol–water partition coefficient (Wildman–Crippen LogP) is 4.02. The molecular weight excluding hydrogens is 467 g/mol. The number of amides is 2. The van der Waals surface area contributed by atoms with Crippen LogP contribution in [0.1, 0.15) is 67.1 Å². The molecule has 0 aliphatic heterocycles. The maximum atomic E-state index is 13.4. The van der Waals surface area contributed by atoms with Crippen LogP contribution in [0, 0.1) is 0 Å². The lowest BCUT2D eigenvalue weighted by Crippen LogP contribution is -2.48. The molecule has 2 aliphatic carbocycles. The predicted molar refractivity (Wildman–Crippen MR) is 117 cm³/mol. The van der Waals surface area contributed by atoms with Gasteiger partial charge in [-0.2, -0.15) is 13.2 Å². The number of nitrogens with zero attached hydrogens (tertiary/aromatic N) is 2. The molecule has 0 spiro atoms. The summed E-state index contributed by atoms with van der Waals surface area (Å²) in [7, 11) is 0. The Labute approximate surface area is 200 Å². The molecule has 2 saturated carbocycles. The van der Waals surface area contributed by atoms with Crippen molar-refractivity contribution in [3.05, 3.63) is 53.4 Å². The van der Waals surface area contributed by atoms with E-state index in [9.17, 15) is 27.9 Å². The van der Waals surface area contributed by atoms with Crippen LogP contribution in [0.2, 0.25) is 0 Å². The number of rotatable bonds is 7. The maximum absolute atomic E-state index is 13.4. The van der Waals surface area contributed by atoms with E-state index >= 15 is 0 Å². The van der Waals surface area contributed by atoms with E-state index in [4.69, 9.17) is 15.0 Å². The number of carbonyl (C=O) groups is 2. The Balaban J connectivity index is 1.50. The number of alkyl halides is 3. The number of benzene rings is 1. The van der Waals surface area contributed by atoms with Crippen LogP contribution in [-0.2, 0) is 15.8 Å². The number of nitrogens with two attached hydrogens (primary N) is 1. The quantitative estimate of drug-likeness (QED) is 0.599. The van der Waals surface area contributed by atoms with Crippen molar-refractivity contribution in [2.45, 2.75) is 74.7 Å². The lowest BCUT2D eigenvalue weighted by molar-refractivity contribution is -0.258. The van der Waals surface area contributed by atoms with Crippen molar-refractivity contribution in [2.24, 2.45) is 5.73 Å². The lowest BCUT2D eigenvalue weighted by Gasteiger charge is -2.42. The molecule has 3 N–H and O–H groups in total. The molecule has 2 fully saturated rings. The van der Waals surface area contributed by atoms with E-state index in [1.165, 1.54) is 18.4 Å². The molecule has 11 heteroatoms. The van der Waals surface area contributed by atoms with Gasteiger partial charge in [-0.3, -0.25) is 4.79 Å². The van der Waals surface area contributed by atoms with Crippen LogP contribution < -0.4 is 5.73 Å². The van der Waals surface area contributed by atoms with Crippen LogP contribution in [-0.4, -0.2) is 52.0 Å². The van der Waals surface area contributed by atoms with E-state index in [1.807, 2.05) is 4.90 Å². The van der Waals surface area contributed by atoms with Gasteiger partial charge in [0, 0.05) is 23.7 Å². The molecule has 1 aromatic heterocycles. The summed E-state index contributed by atoms with van der Waals surface area (Å²) in [6.07, 6.45) is -0.121. The maximum Gasteiger partial charge on any atom is 0.421 e. The summed E-state index contributed by atoms with van der Waals surface area (Å²) in [4.78, 5) is 26.5. The molecule has 35 heavy (non-hydrogen) atoms. The Morgan fingerprint density at radius 3 is 2.23 bits per heavy atom. The molecule has 1 heterocycles. The summed E-state index contributed by atoms with van der Waals surface area (Å²) in [5.74, 6) is -0.252. The van der Waals surface area contributed by atoms with Gasteiger partial charge in [-0.25, -0.2) is 4.79 Å². The topological polar surface area (TPSA) is 119 Å². The average Bonchev–Trinajstić information content (AvgIpc) is 3.48. The minimum absolute atomic E-state index is 0.0551. The molecule has 4 rings (SSSR count). The van der Waals surface area contributed by atoms with Gasteiger partial charge in [0.1, 0.15) is 12.9 Å². The Morgan fingerprint density at radius 1 is 1.14 bits per heavy atom. The van der Waals surface area contributed by atoms with E-state index in [-0.39, 0.29) is 35.7 Å². The fraction of sp³-hybridized carbons (Fsp3) is 0.542. The van der Waals surface area contributed by atoms with Crippen LogP contribution in [0.25, 0.3) is 0 Å². The van der Waals surface area contributed by atoms with Crippen molar-refractivity contribution in [3.63, 3.8) is 0 Å². The molecule has 1 aromatic carbocycles. The van der Waals surface area contributed by atoms with Gasteiger partial charge < -0.3 is 25.0 Å². The van der Waals surface area contributed by atoms with Gasteiger partial charge in [0.25, 0.3) is 5.91 Å². The summed E-state index contributed by atoms with van der Waals surface area (Å²) >= 11 is 0. The Bertz CT molecular complexity index is 1040. The van der Waals surface area contributed by atoms with Crippen molar-refractivity contribution in [2.75, 3.05) is 6.61 Å². The molecular formula is C24H28F3N3O5. The largest absolute Gasteiger partial charge is 0.449 e. The second kappa shape index (κ2) is 9.18. The highest BCUT2D eigenvalue weighted by Gasteiger charge is 2.51. The van der Waals surface area contributed by atoms with Crippen molar-refractivity contribution in [1.82, 2.24) is 10.1 Å². The second-order valence-corrected chi connectivity index (χ2v) is 9.59. The van der Waals surface area contributed by atoms with Crippen LogP contribution >= 0.6 is 0 Å². The van der Waals surface area contributed by atoms with Crippen molar-refractivity contribution in [1.29, 1.82) is 0 Å². The number of halogens is 3. The molecule has 2 aromatic rings. The molecule has 1 atom stereocenters. The fourth-order valence-electron chi connectivity index (χ4n) is 4.84. The van der Waals surface area contributed by atoms with E-state index in [1.54, 1.807) is 6.07 Å². The number of primary amides is 1. The molecule has 0 radical (unpaired) electrons. The number of hydrogen-bond donors (Lipinski definition) is 2. The standard InChI is InChI=1S/C24H28F3N3O5/c1-22(33,24(25,26)27)16-4-2-15(3-5-16)20(31)30(17-6-7-17)18-8-11-23(12-9-18,14-34-21(28)32)19-10-13-35-29-19/h2-5,10,13,17-18,33H,6-9,11-12,14H2,1H3,(H2,28,32)/t18-,22-,23+/m0/s1. The zero-order chi connectivity index (χ0) is 25.4. The Morgan fingerprint density at radius 2 is 1.74 bits per heavy atom. The van der Waals surface area contributed by atoms with Crippen LogP contribution in [0.4, 0.5) is 18.0 Å². The van der Waals surface area contributed by atoms with Gasteiger partial charge in [-0.05, 0) is 63.1 Å². The Kier molecular flexibility index (Phi) is 6.56. The first kappa shape index (κ1) is 25.0. The zero-order valence-corrected chi connectivity index (χ0v) is 19.3. The van der Waals surface area contributed by atoms with Gasteiger partial charge in [0.05, 0.1) is 11.1 Å². The summed E-state index contributed by atoms with van der Waals surface area (Å²) < 4.78 is 49.6. The zero-order valence-electron chi connectivity index (χ0n) is 19.3. The average molecular weight is 495 g/mol. The minimum Gasteiger partial charge on any atom is -0.449 e. The molecule has 190 valence electrons. The van der Waals surface area contributed by atoms with E-state index in [2.05, 4.69) is 5.16 Å². The highest BCUT2D eigenvalue weighted by atomic mass is 19.4. The fourth-order valence-corrected chi connectivity index (χ4v) is 4.84. The van der Waals surface area contributed by atoms with Crippen molar-refractivity contribution >= 4 is 12.0 Å². The third-order valence-corrected chi connectivity index (χ3v) is 7.20. The second-order valence-electron chi connectivity index (χ2n) is 9.59. The number of ether oxygens (including phenoxy) is 1. The number of aromatic nitrogens is 1. The third-order valence-electron chi connectivity index (χ3n) is 7.20. The minimum atomic E-state index is -4.84. The van der Waals surface area contributed by atoms with Gasteiger partial charge in [0.15, 0.2) is 5.60 Å². The summed E-state index contributed by atoms with van der Waals surface area (Å²) in [6, 6.07) is 6.67. The van der Waals surface area contributed by atoms with Gasteiger partial charge >= 0.3 is 12.3 Å². The summed E-state index contributed by atoms with van der Waals surface area (Å²) in [5.41, 5.74) is 2.20. The van der Waals surface area contributed by atoms with Crippen LogP contribution in [0.15, 0.2) is 41.1 Å². The van der Waals surface area contributed by atoms with E-state index < -0.39 is 23.3 Å². The van der Waals surface area contributed by atoms with Crippen LogP contribution in [0.5, 0.6) is 0 Å². The van der Waals surface area contributed by atoms with Gasteiger partial charge in [-0.15, -0.1) is 0 Å². The van der Waals surface area contributed by atoms with Crippen molar-refractivity contribution in [3.8, 4) is 0 Å². The smallest absolute Gasteiger partial charge is 0.421 e. The monoisotopic (exact) mass is 495 g/mol. The molecule has 8 nitrogen and oxygen atoms in total. The van der Waals surface area contributed by atoms with E-state index in [0.29, 0.717) is 38.3 Å². The first-order valence-electron chi connectivity index (χ1n) is 11.5. The van der Waals surface area contributed by atoms with Gasteiger partial charge in [-0.1, -0.05) is 17.3 Å². The normalized spacial score (nSPS) is 24.4. The Hall–Kier alpha value is -3.08. The first-order valence-corrected chi connectivity index (χ1v) is 11.5. The highest BCUT2D eigenvalue weighted by Crippen LogP contribution is 2.43. The van der Waals surface area contributed by atoms with Crippen LogP contribution in [0.3, 0.4) is 0 Å².